The second kappa shape index (κ2) is 8.93. The number of nitrogens with one attached hydrogen (secondary N) is 1. The number of unbranched alkanes of at least 4 members (excludes halogenated alkanes) is 1. The fraction of sp³-hybridized carbons (Fsp3) is 0.381. The molecule has 1 aromatic carbocycles. The second-order valence-corrected chi connectivity index (χ2v) is 7.75. The molecular formula is C21H23FN6O2S. The molecule has 1 N–H and O–H groups in total. The highest BCUT2D eigenvalue weighted by Crippen LogP contribution is 2.20. The number of aromatic amines is 1. The van der Waals surface area contributed by atoms with Gasteiger partial charge in [0.25, 0.3) is 0 Å². The van der Waals surface area contributed by atoms with Crippen molar-refractivity contribution < 1.29 is 8.91 Å². The van der Waals surface area contributed by atoms with Crippen LogP contribution < -0.4 is 5.69 Å². The van der Waals surface area contributed by atoms with E-state index in [1.165, 1.54) is 6.07 Å². The predicted molar refractivity (Wildman–Crippen MR) is 117 cm³/mol. The third-order valence-electron chi connectivity index (χ3n) is 5.03. The normalized spacial score (nSPS) is 11.5. The maximum atomic E-state index is 13.9. The van der Waals surface area contributed by atoms with E-state index in [-0.39, 0.29) is 11.5 Å². The number of hydrogen-bond donors (Lipinski definition) is 1. The van der Waals surface area contributed by atoms with Gasteiger partial charge in [0.1, 0.15) is 21.8 Å². The van der Waals surface area contributed by atoms with Gasteiger partial charge in [-0.3, -0.25) is 9.13 Å². The van der Waals surface area contributed by atoms with E-state index in [0.29, 0.717) is 59.6 Å². The van der Waals surface area contributed by atoms with Crippen LogP contribution in [-0.4, -0.2) is 29.2 Å². The first-order valence-electron chi connectivity index (χ1n) is 10.3. The molecule has 0 aliphatic carbocycles. The molecule has 0 aliphatic rings. The molecule has 0 atom stereocenters. The highest BCUT2D eigenvalue weighted by molar-refractivity contribution is 7.71. The summed E-state index contributed by atoms with van der Waals surface area (Å²) >= 11 is 5.55. The summed E-state index contributed by atoms with van der Waals surface area (Å²) in [6.07, 6.45) is 2.77. The molecule has 0 unspecified atom stereocenters. The summed E-state index contributed by atoms with van der Waals surface area (Å²) in [6.45, 7) is 4.92. The van der Waals surface area contributed by atoms with E-state index in [0.717, 1.165) is 12.2 Å². The predicted octanol–water partition coefficient (Wildman–Crippen LogP) is 4.19. The van der Waals surface area contributed by atoms with Gasteiger partial charge in [0, 0.05) is 19.5 Å². The number of fused-ring (bicyclic) bond motifs is 1. The summed E-state index contributed by atoms with van der Waals surface area (Å²) in [4.78, 5) is 24.9. The Bertz CT molecular complexity index is 1340. The van der Waals surface area contributed by atoms with Crippen LogP contribution >= 0.6 is 12.2 Å². The largest absolute Gasteiger partial charge is 0.339 e. The molecule has 162 valence electrons. The Morgan fingerprint density at radius 2 is 1.97 bits per heavy atom. The zero-order chi connectivity index (χ0) is 22.0. The minimum absolute atomic E-state index is 0.148. The van der Waals surface area contributed by atoms with Crippen molar-refractivity contribution in [2.45, 2.75) is 52.6 Å². The molecular weight excluding hydrogens is 419 g/mol. The molecule has 4 aromatic rings. The second-order valence-electron chi connectivity index (χ2n) is 7.36. The molecule has 0 saturated heterocycles. The van der Waals surface area contributed by atoms with Gasteiger partial charge in [-0.1, -0.05) is 36.4 Å². The van der Waals surface area contributed by atoms with E-state index in [1.54, 1.807) is 27.3 Å². The van der Waals surface area contributed by atoms with Crippen LogP contribution in [0.4, 0.5) is 4.39 Å². The first kappa shape index (κ1) is 21.1. The van der Waals surface area contributed by atoms with Crippen LogP contribution in [0.25, 0.3) is 22.6 Å². The fourth-order valence-corrected chi connectivity index (χ4v) is 3.87. The van der Waals surface area contributed by atoms with Crippen molar-refractivity contribution >= 4 is 23.4 Å². The van der Waals surface area contributed by atoms with E-state index in [9.17, 15) is 9.18 Å². The van der Waals surface area contributed by atoms with Crippen molar-refractivity contribution in [3.05, 3.63) is 56.9 Å². The van der Waals surface area contributed by atoms with Crippen LogP contribution in [0.1, 0.15) is 37.9 Å². The lowest BCUT2D eigenvalue weighted by Crippen LogP contribution is -2.32. The molecule has 0 spiro atoms. The smallest absolute Gasteiger partial charge is 0.330 e. The number of H-pyrrole nitrogens is 1. The topological polar surface area (TPSA) is 94.5 Å². The maximum absolute atomic E-state index is 13.9. The number of aryl methyl sites for hydroxylation is 3. The number of halogens is 1. The van der Waals surface area contributed by atoms with Crippen LogP contribution in [0.15, 0.2) is 33.6 Å². The first-order chi connectivity index (χ1) is 15.0. The van der Waals surface area contributed by atoms with Crippen molar-refractivity contribution in [3.63, 3.8) is 0 Å². The number of nitrogens with zero attached hydrogens (tertiary/aromatic N) is 5. The molecule has 0 aliphatic heterocycles. The molecule has 3 aromatic heterocycles. The molecule has 10 heteroatoms. The van der Waals surface area contributed by atoms with E-state index < -0.39 is 5.82 Å². The third kappa shape index (κ3) is 4.20. The summed E-state index contributed by atoms with van der Waals surface area (Å²) in [6, 6.07) is 6.31. The maximum Gasteiger partial charge on any atom is 0.330 e. The van der Waals surface area contributed by atoms with E-state index in [2.05, 4.69) is 20.1 Å². The molecule has 0 radical (unpaired) electrons. The minimum atomic E-state index is -0.392. The Morgan fingerprint density at radius 3 is 2.74 bits per heavy atom. The average Bonchev–Trinajstić information content (AvgIpc) is 3.37. The molecule has 8 nitrogen and oxygen atoms in total. The molecule has 4 rings (SSSR count). The molecule has 0 fully saturated rings. The quantitative estimate of drug-likeness (QED) is 0.325. The van der Waals surface area contributed by atoms with E-state index in [4.69, 9.17) is 16.7 Å². The monoisotopic (exact) mass is 442 g/mol. The molecule has 0 saturated carbocycles. The number of benzene rings is 1. The van der Waals surface area contributed by atoms with Gasteiger partial charge in [-0.25, -0.2) is 14.2 Å². The highest BCUT2D eigenvalue weighted by atomic mass is 32.1. The summed E-state index contributed by atoms with van der Waals surface area (Å²) in [5, 5.41) is 3.87. The summed E-state index contributed by atoms with van der Waals surface area (Å²) < 4.78 is 22.9. The van der Waals surface area contributed by atoms with Crippen molar-refractivity contribution in [2.24, 2.45) is 0 Å². The number of hydrogen-bond acceptors (Lipinski definition) is 6. The Labute approximate surface area is 182 Å². The molecule has 31 heavy (non-hydrogen) atoms. The van der Waals surface area contributed by atoms with Gasteiger partial charge in [-0.05, 0) is 38.3 Å². The highest BCUT2D eigenvalue weighted by Gasteiger charge is 2.15. The average molecular weight is 443 g/mol. The minimum Gasteiger partial charge on any atom is -0.339 e. The Morgan fingerprint density at radius 1 is 1.16 bits per heavy atom. The fourth-order valence-electron chi connectivity index (χ4n) is 3.56. The third-order valence-corrected chi connectivity index (χ3v) is 5.46. The van der Waals surface area contributed by atoms with Gasteiger partial charge >= 0.3 is 5.69 Å². The van der Waals surface area contributed by atoms with E-state index in [1.807, 2.05) is 13.8 Å². The van der Waals surface area contributed by atoms with Crippen LogP contribution in [-0.2, 0) is 19.5 Å². The number of imidazole rings is 1. The van der Waals surface area contributed by atoms with Gasteiger partial charge in [0.2, 0.25) is 11.7 Å². The van der Waals surface area contributed by atoms with Gasteiger partial charge < -0.3 is 9.51 Å². The Kier molecular flexibility index (Phi) is 6.08. The van der Waals surface area contributed by atoms with Gasteiger partial charge in [0.15, 0.2) is 5.65 Å². The first-order valence-corrected chi connectivity index (χ1v) is 10.7. The summed E-state index contributed by atoms with van der Waals surface area (Å²) in [5.74, 6) is 1.00. The van der Waals surface area contributed by atoms with Gasteiger partial charge in [-0.15, -0.1) is 0 Å². The van der Waals surface area contributed by atoms with Crippen LogP contribution in [0, 0.1) is 17.4 Å². The molecule has 3 heterocycles. The SMILES string of the molecule is CCCn1c(=O)n(CCCCc2nc(-c3ccccc3F)no2)c(=S)c2[nH]c(C)nc21. The Hall–Kier alpha value is -3.14. The van der Waals surface area contributed by atoms with Crippen LogP contribution in [0.3, 0.4) is 0 Å². The Balaban J connectivity index is 1.46. The van der Waals surface area contributed by atoms with Crippen LogP contribution in [0.5, 0.6) is 0 Å². The molecule has 0 bridgehead atoms. The van der Waals surface area contributed by atoms with Gasteiger partial charge in [-0.2, -0.15) is 4.98 Å². The summed E-state index contributed by atoms with van der Waals surface area (Å²) in [7, 11) is 0. The standard InChI is InChI=1S/C21H23FN6O2S/c1-3-11-27-19-17(23-13(2)24-19)20(31)28(21(27)29)12-7-6-10-16-25-18(26-30-16)14-8-4-5-9-15(14)22/h4-5,8-9H,3,6-7,10-12H2,1-2H3,(H,23,24). The zero-order valence-electron chi connectivity index (χ0n) is 17.4. The number of rotatable bonds is 8. The molecule has 0 amide bonds. The van der Waals surface area contributed by atoms with E-state index >= 15 is 0 Å². The lowest BCUT2D eigenvalue weighted by molar-refractivity contribution is 0.372. The van der Waals surface area contributed by atoms with Crippen molar-refractivity contribution in [1.82, 2.24) is 29.2 Å². The summed E-state index contributed by atoms with van der Waals surface area (Å²) in [5.41, 5.74) is 1.48. The van der Waals surface area contributed by atoms with Crippen LogP contribution in [0.2, 0.25) is 0 Å². The lowest BCUT2D eigenvalue weighted by Gasteiger charge is -2.11. The lowest BCUT2D eigenvalue weighted by atomic mass is 10.2. The van der Waals surface area contributed by atoms with Crippen molar-refractivity contribution in [1.29, 1.82) is 0 Å². The van der Waals surface area contributed by atoms with Crippen molar-refractivity contribution in [3.8, 4) is 11.4 Å². The zero-order valence-corrected chi connectivity index (χ0v) is 18.2. The van der Waals surface area contributed by atoms with Gasteiger partial charge in [0.05, 0.1) is 5.56 Å². The van der Waals surface area contributed by atoms with Crippen molar-refractivity contribution in [2.75, 3.05) is 0 Å². The number of aromatic nitrogens is 6.